The monoisotopic (exact) mass is 519 g/mol. The second-order valence-electron chi connectivity index (χ2n) is 7.90. The first kappa shape index (κ1) is 25.7. The zero-order valence-corrected chi connectivity index (χ0v) is 21.6. The highest BCUT2D eigenvalue weighted by molar-refractivity contribution is 7.07. The van der Waals surface area contributed by atoms with Gasteiger partial charge in [-0.2, -0.15) is 5.26 Å². The van der Waals surface area contributed by atoms with Gasteiger partial charge in [0, 0.05) is 5.56 Å². The summed E-state index contributed by atoms with van der Waals surface area (Å²) >= 11 is 1.20. The van der Waals surface area contributed by atoms with E-state index in [1.165, 1.54) is 30.1 Å². The largest absolute Gasteiger partial charge is 0.493 e. The summed E-state index contributed by atoms with van der Waals surface area (Å²) in [4.78, 5) is 31.9. The Morgan fingerprint density at radius 1 is 1.16 bits per heavy atom. The fraction of sp³-hybridized carbons (Fsp3) is 0.259. The topological polar surface area (TPSA) is 112 Å². The lowest BCUT2D eigenvalue weighted by atomic mass is 9.95. The molecule has 1 aliphatic rings. The van der Waals surface area contributed by atoms with Crippen molar-refractivity contribution in [2.75, 3.05) is 27.4 Å². The van der Waals surface area contributed by atoms with Crippen LogP contribution in [0.25, 0.3) is 6.08 Å². The summed E-state index contributed by atoms with van der Waals surface area (Å²) in [6, 6.07) is 13.5. The number of thiazole rings is 1. The van der Waals surface area contributed by atoms with Crippen molar-refractivity contribution in [2.24, 2.45) is 4.99 Å². The molecule has 0 bridgehead atoms. The molecule has 37 heavy (non-hydrogen) atoms. The molecule has 2 heterocycles. The van der Waals surface area contributed by atoms with Gasteiger partial charge in [-0.25, -0.2) is 9.79 Å². The predicted octanol–water partition coefficient (Wildman–Crippen LogP) is 2.72. The van der Waals surface area contributed by atoms with E-state index in [0.29, 0.717) is 43.4 Å². The lowest BCUT2D eigenvalue weighted by Gasteiger charge is -2.25. The maximum absolute atomic E-state index is 13.8. The number of hydrogen-bond donors (Lipinski definition) is 0. The number of nitrogens with zero attached hydrogens (tertiary/aromatic N) is 3. The van der Waals surface area contributed by atoms with Gasteiger partial charge < -0.3 is 18.9 Å². The lowest BCUT2D eigenvalue weighted by Crippen LogP contribution is -2.40. The first-order valence-electron chi connectivity index (χ1n) is 11.4. The molecule has 9 nitrogen and oxygen atoms in total. The molecule has 0 saturated heterocycles. The number of aromatic nitrogens is 1. The van der Waals surface area contributed by atoms with Gasteiger partial charge in [-0.15, -0.1) is 0 Å². The molecule has 1 aromatic heterocycles. The lowest BCUT2D eigenvalue weighted by molar-refractivity contribution is -0.139. The van der Waals surface area contributed by atoms with E-state index in [1.807, 2.05) is 12.1 Å². The Morgan fingerprint density at radius 2 is 1.92 bits per heavy atom. The normalized spacial score (nSPS) is 14.9. The molecule has 3 aromatic rings. The average Bonchev–Trinajstić information content (AvgIpc) is 3.21. The Morgan fingerprint density at radius 3 is 2.62 bits per heavy atom. The predicted molar refractivity (Wildman–Crippen MR) is 137 cm³/mol. The van der Waals surface area contributed by atoms with Crippen LogP contribution in [0.1, 0.15) is 31.0 Å². The molecule has 0 amide bonds. The van der Waals surface area contributed by atoms with Crippen molar-refractivity contribution in [3.05, 3.63) is 84.5 Å². The molecule has 0 saturated carbocycles. The molecule has 0 N–H and O–H groups in total. The minimum Gasteiger partial charge on any atom is -0.493 e. The molecule has 10 heteroatoms. The van der Waals surface area contributed by atoms with Crippen LogP contribution in [-0.4, -0.2) is 38.0 Å². The van der Waals surface area contributed by atoms with Gasteiger partial charge in [-0.05, 0) is 43.7 Å². The summed E-state index contributed by atoms with van der Waals surface area (Å²) < 4.78 is 23.6. The number of hydrogen-bond acceptors (Lipinski definition) is 9. The van der Waals surface area contributed by atoms with Gasteiger partial charge in [-0.3, -0.25) is 9.36 Å². The Labute approximate surface area is 217 Å². The third-order valence-electron chi connectivity index (χ3n) is 5.74. The van der Waals surface area contributed by atoms with E-state index in [9.17, 15) is 9.59 Å². The average molecular weight is 520 g/mol. The second-order valence-corrected chi connectivity index (χ2v) is 8.91. The fourth-order valence-electron chi connectivity index (χ4n) is 4.11. The number of esters is 1. The molecule has 2 aromatic carbocycles. The van der Waals surface area contributed by atoms with E-state index in [4.69, 9.17) is 24.2 Å². The zero-order valence-electron chi connectivity index (χ0n) is 20.8. The summed E-state index contributed by atoms with van der Waals surface area (Å²) in [5.41, 5.74) is 1.69. The van der Waals surface area contributed by atoms with Crippen LogP contribution < -0.4 is 29.1 Å². The summed E-state index contributed by atoms with van der Waals surface area (Å²) in [6.45, 7) is 3.51. The summed E-state index contributed by atoms with van der Waals surface area (Å²) in [5, 5.41) is 8.90. The second kappa shape index (κ2) is 11.1. The first-order chi connectivity index (χ1) is 17.9. The number of allylic oxidation sites excluding steroid dienone is 1. The van der Waals surface area contributed by atoms with Crippen LogP contribution in [0.4, 0.5) is 0 Å². The molecular formula is C27H25N3O6S. The highest BCUT2D eigenvalue weighted by atomic mass is 32.1. The van der Waals surface area contributed by atoms with Gasteiger partial charge in [0.25, 0.3) is 5.56 Å². The van der Waals surface area contributed by atoms with E-state index >= 15 is 0 Å². The van der Waals surface area contributed by atoms with Crippen LogP contribution in [0.3, 0.4) is 0 Å². The molecule has 1 atom stereocenters. The molecule has 1 aliphatic heterocycles. The Kier molecular flexibility index (Phi) is 7.74. The van der Waals surface area contributed by atoms with Gasteiger partial charge >= 0.3 is 5.97 Å². The minimum atomic E-state index is -0.790. The Balaban J connectivity index is 1.95. The number of nitriles is 1. The van der Waals surface area contributed by atoms with Crippen molar-refractivity contribution >= 4 is 23.4 Å². The number of carbonyl (C=O) groups excluding carboxylic acids is 1. The summed E-state index contributed by atoms with van der Waals surface area (Å²) in [5.74, 6) is 0.914. The number of fused-ring (bicyclic) bond motifs is 1. The van der Waals surface area contributed by atoms with Crippen molar-refractivity contribution in [3.8, 4) is 23.3 Å². The van der Waals surface area contributed by atoms with Crippen LogP contribution >= 0.6 is 11.3 Å². The summed E-state index contributed by atoms with van der Waals surface area (Å²) in [6.07, 6.45) is 1.70. The number of rotatable bonds is 8. The Bertz CT molecular complexity index is 1600. The molecule has 0 aliphatic carbocycles. The molecule has 190 valence electrons. The third kappa shape index (κ3) is 4.99. The van der Waals surface area contributed by atoms with Crippen LogP contribution in [0.5, 0.6) is 17.2 Å². The smallest absolute Gasteiger partial charge is 0.338 e. The fourth-order valence-corrected chi connectivity index (χ4v) is 5.15. The van der Waals surface area contributed by atoms with E-state index in [-0.39, 0.29) is 24.3 Å². The van der Waals surface area contributed by atoms with Crippen LogP contribution in [0.15, 0.2) is 63.5 Å². The van der Waals surface area contributed by atoms with E-state index in [2.05, 4.69) is 4.99 Å². The van der Waals surface area contributed by atoms with Crippen LogP contribution in [0.2, 0.25) is 0 Å². The van der Waals surface area contributed by atoms with Crippen LogP contribution in [-0.2, 0) is 9.53 Å². The van der Waals surface area contributed by atoms with Gasteiger partial charge in [0.05, 0.1) is 42.7 Å². The van der Waals surface area contributed by atoms with E-state index < -0.39 is 12.0 Å². The molecular weight excluding hydrogens is 494 g/mol. The Hall–Kier alpha value is -4.36. The zero-order chi connectivity index (χ0) is 26.5. The van der Waals surface area contributed by atoms with Gasteiger partial charge in [0.15, 0.2) is 22.9 Å². The van der Waals surface area contributed by atoms with E-state index in [1.54, 1.807) is 56.3 Å². The highest BCUT2D eigenvalue weighted by Gasteiger charge is 2.34. The SMILES string of the molecule is CCOC(=O)C1=C(C)N=c2s/c(=C\c3ccccc3OCC#N)c(=O)n2[C@@H]1c1ccc(OC)c(OC)c1. The molecule has 4 rings (SSSR count). The number of ether oxygens (including phenoxy) is 4. The van der Waals surface area contributed by atoms with Crippen molar-refractivity contribution in [3.63, 3.8) is 0 Å². The quantitative estimate of drug-likeness (QED) is 0.421. The molecule has 0 spiro atoms. The summed E-state index contributed by atoms with van der Waals surface area (Å²) in [7, 11) is 3.05. The van der Waals surface area contributed by atoms with Crippen molar-refractivity contribution < 1.29 is 23.7 Å². The molecule has 0 unspecified atom stereocenters. The van der Waals surface area contributed by atoms with E-state index in [0.717, 1.165) is 0 Å². The van der Waals surface area contributed by atoms with Gasteiger partial charge in [-0.1, -0.05) is 35.6 Å². The van der Waals surface area contributed by atoms with Crippen molar-refractivity contribution in [1.29, 1.82) is 5.26 Å². The highest BCUT2D eigenvalue weighted by Crippen LogP contribution is 2.36. The standard InChI is InChI=1S/C27H25N3O6S/c1-5-35-26(32)23-16(2)29-27-30(24(23)18-10-11-20(33-3)21(14-18)34-4)25(31)22(37-27)15-17-8-6-7-9-19(17)36-13-12-28/h6-11,14-15,24H,5,13H2,1-4H3/b22-15-/t24-/m1/s1. The number of methoxy groups -OCH3 is 2. The van der Waals surface area contributed by atoms with Gasteiger partial charge in [0.1, 0.15) is 11.8 Å². The molecule has 0 radical (unpaired) electrons. The molecule has 0 fully saturated rings. The van der Waals surface area contributed by atoms with Crippen molar-refractivity contribution in [1.82, 2.24) is 4.57 Å². The van der Waals surface area contributed by atoms with Gasteiger partial charge in [0.2, 0.25) is 0 Å². The van der Waals surface area contributed by atoms with Crippen molar-refractivity contribution in [2.45, 2.75) is 19.9 Å². The van der Waals surface area contributed by atoms with Crippen LogP contribution in [0, 0.1) is 11.3 Å². The number of benzene rings is 2. The minimum absolute atomic E-state index is 0.118. The number of para-hydroxylation sites is 1. The maximum atomic E-state index is 13.8. The maximum Gasteiger partial charge on any atom is 0.338 e. The first-order valence-corrected chi connectivity index (χ1v) is 12.3. The third-order valence-corrected chi connectivity index (χ3v) is 6.72. The number of carbonyl (C=O) groups is 1.